The number of unbranched alkanes of at least 4 members (excludes halogenated alkanes) is 35. The first-order chi connectivity index (χ1) is 35.0. The predicted octanol–water partition coefficient (Wildman–Crippen LogP) is 20.8. The van der Waals surface area contributed by atoms with E-state index in [2.05, 4.69) is 81.5 Å². The number of ether oxygens (including phenoxy) is 3. The van der Waals surface area contributed by atoms with Gasteiger partial charge in [0.15, 0.2) is 6.10 Å². The highest BCUT2D eigenvalue weighted by atomic mass is 16.6. The van der Waals surface area contributed by atoms with Crippen LogP contribution < -0.4 is 0 Å². The van der Waals surface area contributed by atoms with Crippen LogP contribution in [0.25, 0.3) is 0 Å². The van der Waals surface area contributed by atoms with Crippen LogP contribution in [0.2, 0.25) is 0 Å². The fourth-order valence-electron chi connectivity index (χ4n) is 8.94. The fourth-order valence-corrected chi connectivity index (χ4v) is 8.94. The summed E-state index contributed by atoms with van der Waals surface area (Å²) in [4.78, 5) is 38.2. The zero-order chi connectivity index (χ0) is 51.4. The van der Waals surface area contributed by atoms with E-state index in [4.69, 9.17) is 14.2 Å². The van der Waals surface area contributed by atoms with Crippen LogP contribution in [0.4, 0.5) is 0 Å². The quantitative estimate of drug-likeness (QED) is 0.0261. The lowest BCUT2D eigenvalue weighted by atomic mass is 10.0. The van der Waals surface area contributed by atoms with Crippen molar-refractivity contribution >= 4 is 17.9 Å². The Hall–Kier alpha value is -2.89. The summed E-state index contributed by atoms with van der Waals surface area (Å²) in [7, 11) is 0. The van der Waals surface area contributed by atoms with Crippen molar-refractivity contribution in [1.82, 2.24) is 0 Å². The molecule has 0 saturated carbocycles. The van der Waals surface area contributed by atoms with Crippen molar-refractivity contribution in [3.63, 3.8) is 0 Å². The Balaban J connectivity index is 4.28. The van der Waals surface area contributed by atoms with Gasteiger partial charge in [0, 0.05) is 19.3 Å². The van der Waals surface area contributed by atoms with E-state index in [9.17, 15) is 14.4 Å². The molecule has 0 aromatic rings. The normalized spacial score (nSPS) is 12.4. The van der Waals surface area contributed by atoms with Crippen LogP contribution in [0, 0.1) is 0 Å². The maximum Gasteiger partial charge on any atom is 0.306 e. The van der Waals surface area contributed by atoms with Gasteiger partial charge in [0.05, 0.1) is 0 Å². The van der Waals surface area contributed by atoms with Crippen molar-refractivity contribution in [3.05, 3.63) is 60.8 Å². The molecule has 0 aromatic carbocycles. The molecule has 0 rings (SSSR count). The van der Waals surface area contributed by atoms with Crippen molar-refractivity contribution in [3.8, 4) is 0 Å². The van der Waals surface area contributed by atoms with Gasteiger partial charge in [0.1, 0.15) is 13.2 Å². The molecule has 1 unspecified atom stereocenters. The highest BCUT2D eigenvalue weighted by molar-refractivity contribution is 5.71. The summed E-state index contributed by atoms with van der Waals surface area (Å²) in [6.45, 7) is 6.56. The van der Waals surface area contributed by atoms with Gasteiger partial charge in [-0.3, -0.25) is 14.4 Å². The van der Waals surface area contributed by atoms with Gasteiger partial charge >= 0.3 is 17.9 Å². The van der Waals surface area contributed by atoms with E-state index in [0.717, 1.165) is 96.3 Å². The van der Waals surface area contributed by atoms with Crippen LogP contribution in [0.15, 0.2) is 60.8 Å². The van der Waals surface area contributed by atoms with E-state index >= 15 is 0 Å². The molecular formula is C65H116O6. The van der Waals surface area contributed by atoms with Gasteiger partial charge in [-0.1, -0.05) is 293 Å². The first kappa shape index (κ1) is 68.1. The third-order valence-corrected chi connectivity index (χ3v) is 13.5. The molecule has 0 heterocycles. The summed E-state index contributed by atoms with van der Waals surface area (Å²) >= 11 is 0. The second-order valence-electron chi connectivity index (χ2n) is 20.6. The van der Waals surface area contributed by atoms with Gasteiger partial charge in [-0.25, -0.2) is 0 Å². The Morgan fingerprint density at radius 2 is 0.549 bits per heavy atom. The molecule has 1 atom stereocenters. The summed E-state index contributed by atoms with van der Waals surface area (Å²) in [5.41, 5.74) is 0. The Labute approximate surface area is 440 Å². The number of carbonyl (C=O) groups excluding carboxylic acids is 3. The van der Waals surface area contributed by atoms with Crippen LogP contribution in [0.3, 0.4) is 0 Å². The topological polar surface area (TPSA) is 78.9 Å². The molecule has 6 heteroatoms. The van der Waals surface area contributed by atoms with E-state index in [1.165, 1.54) is 180 Å². The molecule has 0 aliphatic heterocycles. The van der Waals surface area contributed by atoms with Gasteiger partial charge in [0.25, 0.3) is 0 Å². The SMILES string of the molecule is CC/C=C\C/C=C\C/C=C\C/C=C\C/C=C\CCCCCCCCCCCC(=O)OCC(COC(=O)CCCCCCCCCCCCCCC)OC(=O)CCCCCCCCCCCCCCCCC. The molecule has 0 aromatic heterocycles. The average molecular weight is 994 g/mol. The Morgan fingerprint density at radius 1 is 0.296 bits per heavy atom. The molecule has 71 heavy (non-hydrogen) atoms. The second-order valence-corrected chi connectivity index (χ2v) is 20.6. The molecule has 0 bridgehead atoms. The van der Waals surface area contributed by atoms with Gasteiger partial charge in [-0.2, -0.15) is 0 Å². The Bertz CT molecular complexity index is 1280. The molecule has 0 saturated heterocycles. The molecule has 412 valence electrons. The molecule has 0 aliphatic carbocycles. The summed E-state index contributed by atoms with van der Waals surface area (Å²) in [6.07, 6.45) is 75.0. The summed E-state index contributed by atoms with van der Waals surface area (Å²) in [6, 6.07) is 0. The third-order valence-electron chi connectivity index (χ3n) is 13.5. The van der Waals surface area contributed by atoms with Crippen molar-refractivity contribution in [1.29, 1.82) is 0 Å². The summed E-state index contributed by atoms with van der Waals surface area (Å²) < 4.78 is 16.9. The number of allylic oxidation sites excluding steroid dienone is 10. The molecule has 0 fully saturated rings. The summed E-state index contributed by atoms with van der Waals surface area (Å²) in [5, 5.41) is 0. The van der Waals surface area contributed by atoms with E-state index < -0.39 is 6.10 Å². The number of hydrogen-bond acceptors (Lipinski definition) is 6. The minimum absolute atomic E-state index is 0.0709. The minimum Gasteiger partial charge on any atom is -0.462 e. The van der Waals surface area contributed by atoms with Crippen molar-refractivity contribution < 1.29 is 28.6 Å². The first-order valence-electron chi connectivity index (χ1n) is 30.8. The number of esters is 3. The van der Waals surface area contributed by atoms with Gasteiger partial charge < -0.3 is 14.2 Å². The molecule has 0 radical (unpaired) electrons. The lowest BCUT2D eigenvalue weighted by Gasteiger charge is -2.18. The zero-order valence-corrected chi connectivity index (χ0v) is 47.2. The Morgan fingerprint density at radius 3 is 0.859 bits per heavy atom. The highest BCUT2D eigenvalue weighted by Crippen LogP contribution is 2.17. The molecular weight excluding hydrogens is 877 g/mol. The molecule has 0 amide bonds. The van der Waals surface area contributed by atoms with Gasteiger partial charge in [-0.15, -0.1) is 0 Å². The summed E-state index contributed by atoms with van der Waals surface area (Å²) in [5.74, 6) is -0.859. The second kappa shape index (κ2) is 59.7. The number of hydrogen-bond donors (Lipinski definition) is 0. The predicted molar refractivity (Wildman–Crippen MR) is 307 cm³/mol. The van der Waals surface area contributed by atoms with Crippen LogP contribution in [0.5, 0.6) is 0 Å². The molecule has 6 nitrogen and oxygen atoms in total. The van der Waals surface area contributed by atoms with Crippen molar-refractivity contribution in [2.24, 2.45) is 0 Å². The van der Waals surface area contributed by atoms with E-state index in [1.807, 2.05) is 0 Å². The molecule has 0 spiro atoms. The number of carbonyl (C=O) groups is 3. The number of rotatable bonds is 56. The smallest absolute Gasteiger partial charge is 0.306 e. The standard InChI is InChI=1S/C65H116O6/c1-4-7-10-13-16-19-22-25-27-28-29-30-31-32-33-34-35-36-38-40-43-46-49-52-55-58-64(67)70-61-62(60-69-63(66)57-54-51-48-45-42-39-24-21-18-15-12-9-6-3)71-65(68)59-56-53-50-47-44-41-37-26-23-20-17-14-11-8-5-2/h7,10,16,19,25,27,29-30,32-33,62H,4-6,8-9,11-15,17-18,20-24,26,28,31,34-61H2,1-3H3/b10-7-,19-16-,27-25-,30-29-,33-32-. The Kier molecular flexibility index (Phi) is 57.2. The first-order valence-corrected chi connectivity index (χ1v) is 30.8. The van der Waals surface area contributed by atoms with Crippen LogP contribution in [-0.2, 0) is 28.6 Å². The average Bonchev–Trinajstić information content (AvgIpc) is 3.37. The fraction of sp³-hybridized carbons (Fsp3) is 0.800. The van der Waals surface area contributed by atoms with E-state index in [-0.39, 0.29) is 31.1 Å². The van der Waals surface area contributed by atoms with Crippen LogP contribution in [-0.4, -0.2) is 37.2 Å². The van der Waals surface area contributed by atoms with E-state index in [1.54, 1.807) is 0 Å². The third kappa shape index (κ3) is 57.9. The monoisotopic (exact) mass is 993 g/mol. The van der Waals surface area contributed by atoms with Crippen molar-refractivity contribution in [2.75, 3.05) is 13.2 Å². The van der Waals surface area contributed by atoms with Crippen molar-refractivity contribution in [2.45, 2.75) is 322 Å². The molecule has 0 aliphatic rings. The van der Waals surface area contributed by atoms with Gasteiger partial charge in [-0.05, 0) is 64.2 Å². The lowest BCUT2D eigenvalue weighted by molar-refractivity contribution is -0.167. The van der Waals surface area contributed by atoms with E-state index in [0.29, 0.717) is 19.3 Å². The van der Waals surface area contributed by atoms with Crippen LogP contribution >= 0.6 is 0 Å². The molecule has 0 N–H and O–H groups in total. The largest absolute Gasteiger partial charge is 0.462 e. The van der Waals surface area contributed by atoms with Crippen LogP contribution in [0.1, 0.15) is 316 Å². The lowest BCUT2D eigenvalue weighted by Crippen LogP contribution is -2.30. The highest BCUT2D eigenvalue weighted by Gasteiger charge is 2.19. The maximum absolute atomic E-state index is 12.9. The minimum atomic E-state index is -0.773. The zero-order valence-electron chi connectivity index (χ0n) is 47.2. The van der Waals surface area contributed by atoms with Gasteiger partial charge in [0.2, 0.25) is 0 Å². The maximum atomic E-state index is 12.9.